The van der Waals surface area contributed by atoms with Crippen molar-refractivity contribution in [1.29, 1.82) is 0 Å². The summed E-state index contributed by atoms with van der Waals surface area (Å²) in [6.07, 6.45) is 0.0627. The van der Waals surface area contributed by atoms with Crippen molar-refractivity contribution >= 4 is 18.1 Å². The van der Waals surface area contributed by atoms with Crippen molar-refractivity contribution in [2.24, 2.45) is 0 Å². The summed E-state index contributed by atoms with van der Waals surface area (Å²) in [5.74, 6) is -0.321. The van der Waals surface area contributed by atoms with Crippen LogP contribution < -0.4 is 10.6 Å². The summed E-state index contributed by atoms with van der Waals surface area (Å²) in [4.78, 5) is 36.8. The second-order valence-corrected chi connectivity index (χ2v) is 7.96. The van der Waals surface area contributed by atoms with Gasteiger partial charge in [-0.05, 0) is 45.6 Å². The van der Waals surface area contributed by atoms with E-state index in [1.165, 1.54) is 4.90 Å². The predicted octanol–water partition coefficient (Wildman–Crippen LogP) is 2.38. The molecule has 1 heterocycles. The minimum Gasteiger partial charge on any atom is -0.465 e. The Balaban J connectivity index is 1.87. The lowest BCUT2D eigenvalue weighted by molar-refractivity contribution is -0.121. The summed E-state index contributed by atoms with van der Waals surface area (Å²) >= 11 is 0. The number of likely N-dealkylation sites (tertiary alicyclic amines) is 1. The first-order valence-corrected chi connectivity index (χ1v) is 9.44. The first-order chi connectivity index (χ1) is 13.1. The van der Waals surface area contributed by atoms with Gasteiger partial charge in [-0.25, -0.2) is 9.59 Å². The number of alkyl carbamates (subject to hydrolysis) is 1. The van der Waals surface area contributed by atoms with Crippen LogP contribution in [0, 0.1) is 0 Å². The summed E-state index contributed by atoms with van der Waals surface area (Å²) in [5, 5.41) is 14.8. The van der Waals surface area contributed by atoms with Gasteiger partial charge in [0.1, 0.15) is 12.1 Å². The van der Waals surface area contributed by atoms with Crippen LogP contribution in [0.2, 0.25) is 0 Å². The molecule has 0 radical (unpaired) electrons. The lowest BCUT2D eigenvalue weighted by Gasteiger charge is -2.38. The largest absolute Gasteiger partial charge is 0.465 e. The molecule has 1 aliphatic rings. The van der Waals surface area contributed by atoms with E-state index >= 15 is 0 Å². The minimum absolute atomic E-state index is 0.141. The molecule has 1 aromatic rings. The van der Waals surface area contributed by atoms with Gasteiger partial charge in [-0.15, -0.1) is 0 Å². The molecular weight excluding hydrogens is 362 g/mol. The smallest absolute Gasteiger partial charge is 0.408 e. The van der Waals surface area contributed by atoms with Crippen LogP contribution in [0.3, 0.4) is 0 Å². The fourth-order valence-electron chi connectivity index (χ4n) is 3.26. The number of nitrogens with zero attached hydrogens (tertiary/aromatic N) is 1. The third kappa shape index (κ3) is 7.09. The molecule has 0 aliphatic carbocycles. The van der Waals surface area contributed by atoms with E-state index in [0.717, 1.165) is 5.56 Å². The number of ether oxygens (including phenoxy) is 1. The summed E-state index contributed by atoms with van der Waals surface area (Å²) in [7, 11) is 0. The maximum atomic E-state index is 12.2. The standard InChI is InChI=1S/C20H29N3O5/c1-20(2,3)28-18(25)21-13-17(24)22-15-9-10-23(19(26)27)16(12-15)11-14-7-5-4-6-8-14/h4-8,15-16H,9-13H2,1-3H3,(H,21,25)(H,22,24)(H,26,27). The molecule has 1 aromatic carbocycles. The van der Waals surface area contributed by atoms with Crippen molar-refractivity contribution in [2.75, 3.05) is 13.1 Å². The fraction of sp³-hybridized carbons (Fsp3) is 0.550. The van der Waals surface area contributed by atoms with E-state index in [1.807, 2.05) is 30.3 Å². The average molecular weight is 391 g/mol. The molecule has 154 valence electrons. The van der Waals surface area contributed by atoms with Gasteiger partial charge in [0.25, 0.3) is 0 Å². The van der Waals surface area contributed by atoms with Gasteiger partial charge in [0.05, 0.1) is 0 Å². The monoisotopic (exact) mass is 391 g/mol. The molecule has 2 rings (SSSR count). The van der Waals surface area contributed by atoms with Gasteiger partial charge in [-0.2, -0.15) is 0 Å². The van der Waals surface area contributed by atoms with Crippen LogP contribution >= 0.6 is 0 Å². The van der Waals surface area contributed by atoms with Gasteiger partial charge in [-0.1, -0.05) is 30.3 Å². The predicted molar refractivity (Wildman–Crippen MR) is 104 cm³/mol. The van der Waals surface area contributed by atoms with Gasteiger partial charge < -0.3 is 25.4 Å². The van der Waals surface area contributed by atoms with Crippen molar-refractivity contribution in [3.8, 4) is 0 Å². The average Bonchev–Trinajstić information content (AvgIpc) is 2.59. The highest BCUT2D eigenvalue weighted by Gasteiger charge is 2.32. The van der Waals surface area contributed by atoms with Crippen LogP contribution in [-0.2, 0) is 16.0 Å². The number of carbonyl (C=O) groups excluding carboxylic acids is 2. The highest BCUT2D eigenvalue weighted by Crippen LogP contribution is 2.21. The number of nitrogens with one attached hydrogen (secondary N) is 2. The van der Waals surface area contributed by atoms with Gasteiger partial charge in [0.15, 0.2) is 0 Å². The van der Waals surface area contributed by atoms with Crippen LogP contribution in [0.5, 0.6) is 0 Å². The van der Waals surface area contributed by atoms with Gasteiger partial charge in [0.2, 0.25) is 5.91 Å². The number of benzene rings is 1. The van der Waals surface area contributed by atoms with Crippen LogP contribution in [0.25, 0.3) is 0 Å². The summed E-state index contributed by atoms with van der Waals surface area (Å²) in [5.41, 5.74) is 0.423. The molecule has 0 bridgehead atoms. The molecule has 8 nitrogen and oxygen atoms in total. The third-order valence-corrected chi connectivity index (χ3v) is 4.43. The van der Waals surface area contributed by atoms with Gasteiger partial charge in [-0.3, -0.25) is 4.79 Å². The zero-order valence-corrected chi connectivity index (χ0v) is 16.6. The molecule has 1 saturated heterocycles. The molecule has 0 aromatic heterocycles. The minimum atomic E-state index is -0.947. The fourth-order valence-corrected chi connectivity index (χ4v) is 3.26. The molecule has 28 heavy (non-hydrogen) atoms. The molecule has 3 N–H and O–H groups in total. The molecule has 1 fully saturated rings. The van der Waals surface area contributed by atoms with Crippen molar-refractivity contribution < 1.29 is 24.2 Å². The Morgan fingerprint density at radius 1 is 1.21 bits per heavy atom. The zero-order chi connectivity index (χ0) is 20.7. The second kappa shape index (κ2) is 9.43. The number of hydrogen-bond acceptors (Lipinski definition) is 4. The van der Waals surface area contributed by atoms with E-state index in [9.17, 15) is 19.5 Å². The Morgan fingerprint density at radius 2 is 1.89 bits per heavy atom. The topological polar surface area (TPSA) is 108 Å². The quantitative estimate of drug-likeness (QED) is 0.714. The number of amides is 3. The van der Waals surface area contributed by atoms with E-state index in [2.05, 4.69) is 10.6 Å². The molecule has 2 unspecified atom stereocenters. The number of carboxylic acid groups (broad SMARTS) is 1. The molecular formula is C20H29N3O5. The number of piperidine rings is 1. The molecule has 0 saturated carbocycles. The Bertz CT molecular complexity index is 687. The summed E-state index contributed by atoms with van der Waals surface area (Å²) in [6.45, 7) is 5.41. The lowest BCUT2D eigenvalue weighted by Crippen LogP contribution is -2.53. The van der Waals surface area contributed by atoms with E-state index in [1.54, 1.807) is 20.8 Å². The maximum absolute atomic E-state index is 12.2. The second-order valence-electron chi connectivity index (χ2n) is 7.96. The molecule has 0 spiro atoms. The van der Waals surface area contributed by atoms with Crippen LogP contribution in [0.15, 0.2) is 30.3 Å². The van der Waals surface area contributed by atoms with E-state index < -0.39 is 17.8 Å². The van der Waals surface area contributed by atoms with Gasteiger partial charge >= 0.3 is 12.2 Å². The number of rotatable bonds is 5. The normalized spacial score (nSPS) is 19.6. The van der Waals surface area contributed by atoms with E-state index in [4.69, 9.17) is 4.74 Å². The van der Waals surface area contributed by atoms with Crippen LogP contribution in [-0.4, -0.2) is 58.9 Å². The van der Waals surface area contributed by atoms with Crippen LogP contribution in [0.4, 0.5) is 9.59 Å². The SMILES string of the molecule is CC(C)(C)OC(=O)NCC(=O)NC1CCN(C(=O)O)C(Cc2ccccc2)C1. The van der Waals surface area contributed by atoms with Gasteiger partial charge in [0, 0.05) is 18.6 Å². The molecule has 3 amide bonds. The third-order valence-electron chi connectivity index (χ3n) is 4.43. The summed E-state index contributed by atoms with van der Waals surface area (Å²) in [6, 6.07) is 9.34. The first-order valence-electron chi connectivity index (χ1n) is 9.44. The Morgan fingerprint density at radius 3 is 2.50 bits per heavy atom. The Labute approximate surface area is 165 Å². The first kappa shape index (κ1) is 21.5. The Kier molecular flexibility index (Phi) is 7.25. The molecule has 8 heteroatoms. The van der Waals surface area contributed by atoms with Crippen molar-refractivity contribution in [2.45, 2.75) is 57.7 Å². The number of hydrogen-bond donors (Lipinski definition) is 3. The van der Waals surface area contributed by atoms with Crippen LogP contribution in [0.1, 0.15) is 39.2 Å². The number of carbonyl (C=O) groups is 3. The van der Waals surface area contributed by atoms with Crippen molar-refractivity contribution in [3.05, 3.63) is 35.9 Å². The highest BCUT2D eigenvalue weighted by molar-refractivity contribution is 5.82. The Hall–Kier alpha value is -2.77. The maximum Gasteiger partial charge on any atom is 0.408 e. The lowest BCUT2D eigenvalue weighted by atomic mass is 9.92. The van der Waals surface area contributed by atoms with Crippen molar-refractivity contribution in [1.82, 2.24) is 15.5 Å². The summed E-state index contributed by atoms with van der Waals surface area (Å²) < 4.78 is 5.10. The molecule has 1 aliphatic heterocycles. The van der Waals surface area contributed by atoms with E-state index in [-0.39, 0.29) is 24.5 Å². The molecule has 2 atom stereocenters. The zero-order valence-electron chi connectivity index (χ0n) is 16.6. The van der Waals surface area contributed by atoms with E-state index in [0.29, 0.717) is 25.8 Å². The highest BCUT2D eigenvalue weighted by atomic mass is 16.6. The van der Waals surface area contributed by atoms with Crippen molar-refractivity contribution in [3.63, 3.8) is 0 Å².